The van der Waals surface area contributed by atoms with Crippen molar-refractivity contribution in [2.24, 2.45) is 3.50 Å². The van der Waals surface area contributed by atoms with Crippen molar-refractivity contribution in [3.63, 3.8) is 0 Å². The summed E-state index contributed by atoms with van der Waals surface area (Å²) in [6.45, 7) is 3.91. The Balaban J connectivity index is 5.16. The zero-order valence-electron chi connectivity index (χ0n) is 7.18. The molecule has 0 radical (unpaired) electrons. The van der Waals surface area contributed by atoms with Crippen LogP contribution >= 0.6 is 0 Å². The molecule has 70 valence electrons. The molecule has 0 saturated carbocycles. The van der Waals surface area contributed by atoms with Crippen LogP contribution in [0.25, 0.3) is 0 Å². The van der Waals surface area contributed by atoms with Crippen molar-refractivity contribution in [2.45, 2.75) is 13.8 Å². The fourth-order valence-corrected chi connectivity index (χ4v) is 2.31. The number of rotatable bonds is 5. The van der Waals surface area contributed by atoms with E-state index < -0.39 is 0 Å². The summed E-state index contributed by atoms with van der Waals surface area (Å²) in [7, 11) is 0. The van der Waals surface area contributed by atoms with Gasteiger partial charge in [0.25, 0.3) is 0 Å². The molecule has 1 amide bonds. The molecule has 0 N–H and O–H groups in total. The summed E-state index contributed by atoms with van der Waals surface area (Å²) in [4.78, 5) is 12.4. The molecule has 0 aromatic heterocycles. The van der Waals surface area contributed by atoms with Gasteiger partial charge in [-0.25, -0.2) is 0 Å². The van der Waals surface area contributed by atoms with Gasteiger partial charge in [0.2, 0.25) is 0 Å². The van der Waals surface area contributed by atoms with Crippen molar-refractivity contribution in [3.05, 3.63) is 11.4 Å². The van der Waals surface area contributed by atoms with E-state index in [0.29, 0.717) is 0 Å². The first-order chi connectivity index (χ1) is 6.08. The summed E-state index contributed by atoms with van der Waals surface area (Å²) < 4.78 is 7.24. The predicted octanol–water partition coefficient (Wildman–Crippen LogP) is 0.452. The Bertz CT molecular complexity index is 285. The van der Waals surface area contributed by atoms with Crippen LogP contribution in [0.3, 0.4) is 0 Å². The molecule has 0 bridgehead atoms. The Labute approximate surface area is 111 Å². The van der Waals surface area contributed by atoms with Gasteiger partial charge in [0.15, 0.2) is 0 Å². The average molecular weight is 688 g/mol. The van der Waals surface area contributed by atoms with Crippen LogP contribution in [0, 0.1) is 0 Å². The van der Waals surface area contributed by atoms with E-state index in [1.165, 1.54) is 38.7 Å². The summed E-state index contributed by atoms with van der Waals surface area (Å²) in [5.74, 6) is 0.785. The zero-order chi connectivity index (χ0) is 10.4. The summed E-state index contributed by atoms with van der Waals surface area (Å²) in [6.07, 6.45) is 0.826. The van der Waals surface area contributed by atoms with Crippen LogP contribution in [-0.2, 0) is 63.1 Å². The minimum atomic E-state index is 0.785. The molecule has 0 unspecified atom stereocenters. The first-order valence-corrected chi connectivity index (χ1v) is 7.80. The molecular weight excluding hydrogens is 680 g/mol. The number of carbonyl (C=O) groups excluding carboxylic acids is 1. The van der Waals surface area contributed by atoms with E-state index in [9.17, 15) is 4.79 Å². The van der Waals surface area contributed by atoms with Gasteiger partial charge in [-0.15, -0.1) is 0 Å². The fraction of sp³-hybridized carbons (Fsp3) is 0.286. The van der Waals surface area contributed by atoms with Crippen molar-refractivity contribution in [1.29, 1.82) is 0 Å². The third-order valence-electron chi connectivity index (χ3n) is 1.29. The van der Waals surface area contributed by atoms with Crippen molar-refractivity contribution in [2.75, 3.05) is 0 Å². The van der Waals surface area contributed by atoms with Gasteiger partial charge < -0.3 is 0 Å². The molecule has 0 aliphatic rings. The number of amides is 1. The number of carbonyl (C=O) groups is 1. The van der Waals surface area contributed by atoms with Crippen LogP contribution in [0.1, 0.15) is 13.8 Å². The Morgan fingerprint density at radius 3 is 2.23 bits per heavy atom. The summed E-state index contributed by atoms with van der Waals surface area (Å²) in [5, 5.41) is 0. The second-order valence-corrected chi connectivity index (χ2v) is 5.84. The van der Waals surface area contributed by atoms with Crippen molar-refractivity contribution < 1.29 is 63.1 Å². The number of allylic oxidation sites excluding steroid dienone is 1. The normalized spacial score (nSPS) is 11.2. The van der Waals surface area contributed by atoms with Crippen LogP contribution in [0.2, 0.25) is 0 Å². The van der Waals surface area contributed by atoms with E-state index >= 15 is 0 Å². The maximum absolute atomic E-state index is 10.8. The van der Waals surface area contributed by atoms with E-state index in [1.54, 1.807) is 4.90 Å². The van der Waals surface area contributed by atoms with Gasteiger partial charge in [-0.05, 0) is 0 Å². The molecule has 0 rings (SSSR count). The predicted molar refractivity (Wildman–Crippen MR) is 39.8 cm³/mol. The standard InChI is InChI=1S/C7H8N2O.3W/c1-4-9(5-10)7(8)6(2)3;;;/h2,5H,1,3H3;;;. The van der Waals surface area contributed by atoms with E-state index in [-0.39, 0.29) is 0 Å². The average Bonchev–Trinajstić information content (AvgIpc) is 2.12. The molecule has 0 spiro atoms. The van der Waals surface area contributed by atoms with Crippen molar-refractivity contribution >= 4 is 14.8 Å². The molecule has 0 aromatic carbocycles. The van der Waals surface area contributed by atoms with Gasteiger partial charge in [-0.2, -0.15) is 0 Å². The van der Waals surface area contributed by atoms with Gasteiger partial charge in [0, 0.05) is 0 Å². The van der Waals surface area contributed by atoms with Crippen LogP contribution < -0.4 is 0 Å². The summed E-state index contributed by atoms with van der Waals surface area (Å²) in [5.41, 5.74) is 1.07. The Morgan fingerprint density at radius 2 is 2.00 bits per heavy atom. The quantitative estimate of drug-likeness (QED) is 0.387. The Morgan fingerprint density at radius 1 is 1.46 bits per heavy atom. The van der Waals surface area contributed by atoms with Gasteiger partial charge in [0.05, 0.1) is 0 Å². The first-order valence-electron chi connectivity index (χ1n) is 3.33. The molecule has 0 aliphatic carbocycles. The summed E-state index contributed by atoms with van der Waals surface area (Å²) in [6, 6.07) is 0. The van der Waals surface area contributed by atoms with E-state index in [4.69, 9.17) is 0 Å². The fourth-order valence-electron chi connectivity index (χ4n) is 0.632. The molecule has 0 aliphatic heterocycles. The number of hydrogen-bond acceptors (Lipinski definition) is 2. The molecule has 0 saturated heterocycles. The van der Waals surface area contributed by atoms with E-state index in [1.807, 2.05) is 18.2 Å². The first kappa shape index (κ1) is 13.8. The van der Waals surface area contributed by atoms with Crippen LogP contribution in [0.4, 0.5) is 0 Å². The third-order valence-corrected chi connectivity index (χ3v) is 3.89. The zero-order valence-corrected chi connectivity index (χ0v) is 16.0. The van der Waals surface area contributed by atoms with E-state index in [0.717, 1.165) is 41.5 Å². The monoisotopic (exact) mass is 688 g/mol. The molecule has 6 heteroatoms. The third kappa shape index (κ3) is 4.23. The molecule has 13 heavy (non-hydrogen) atoms. The molecule has 0 atom stereocenters. The van der Waals surface area contributed by atoms with Gasteiger partial charge in [-0.3, -0.25) is 0 Å². The van der Waals surface area contributed by atoms with Gasteiger partial charge >= 0.3 is 112 Å². The Kier molecular flexibility index (Phi) is 7.60. The van der Waals surface area contributed by atoms with Gasteiger partial charge in [0.1, 0.15) is 0 Å². The number of hydrogen-bond donors (Lipinski definition) is 0. The van der Waals surface area contributed by atoms with Crippen molar-refractivity contribution in [3.8, 4) is 0 Å². The molecule has 0 fully saturated rings. The van der Waals surface area contributed by atoms with Crippen LogP contribution in [0.15, 0.2) is 14.9 Å². The second kappa shape index (κ2) is 7.15. The second-order valence-electron chi connectivity index (χ2n) is 2.21. The van der Waals surface area contributed by atoms with Gasteiger partial charge in [-0.1, -0.05) is 0 Å². The Hall–Kier alpha value is 0.815. The maximum atomic E-state index is 10.8. The number of nitrogens with zero attached hydrogens (tertiary/aromatic N) is 2. The molecule has 3 nitrogen and oxygen atoms in total. The SMILES string of the molecule is C[C](=[W])N(C=O)C([N]=[W])=C(C)[CH]=[W]. The molecular formula is C7H8N2OW3. The minimum absolute atomic E-state index is 0.785. The molecule has 0 heterocycles. The summed E-state index contributed by atoms with van der Waals surface area (Å²) >= 11 is 3.77. The molecule has 0 aromatic rings. The van der Waals surface area contributed by atoms with Crippen molar-refractivity contribution in [1.82, 2.24) is 4.90 Å². The van der Waals surface area contributed by atoms with Crippen LogP contribution in [0.5, 0.6) is 0 Å². The van der Waals surface area contributed by atoms with Crippen LogP contribution in [-0.4, -0.2) is 19.7 Å². The van der Waals surface area contributed by atoms with E-state index in [2.05, 4.69) is 3.50 Å². The topological polar surface area (TPSA) is 32.7 Å².